The summed E-state index contributed by atoms with van der Waals surface area (Å²) in [5.74, 6) is 0.344. The van der Waals surface area contributed by atoms with Crippen LogP contribution in [0.4, 0.5) is 4.79 Å². The van der Waals surface area contributed by atoms with E-state index < -0.39 is 5.60 Å². The van der Waals surface area contributed by atoms with Gasteiger partial charge in [-0.2, -0.15) is 0 Å². The SMILES string of the molecule is CC(C)(C)OC(=O)N1CCCC(c2ccc(Br)nc2)C1. The molecular weight excluding hydrogens is 320 g/mol. The van der Waals surface area contributed by atoms with Crippen LogP contribution in [0.15, 0.2) is 22.9 Å². The van der Waals surface area contributed by atoms with Gasteiger partial charge in [-0.3, -0.25) is 0 Å². The van der Waals surface area contributed by atoms with E-state index in [0.717, 1.165) is 24.0 Å². The highest BCUT2D eigenvalue weighted by Crippen LogP contribution is 2.27. The molecule has 2 rings (SSSR count). The third-order valence-corrected chi connectivity index (χ3v) is 3.76. The van der Waals surface area contributed by atoms with E-state index in [1.807, 2.05) is 37.9 Å². The lowest BCUT2D eigenvalue weighted by atomic mass is 9.92. The van der Waals surface area contributed by atoms with Crippen molar-refractivity contribution in [2.24, 2.45) is 0 Å². The summed E-state index contributed by atoms with van der Waals surface area (Å²) in [4.78, 5) is 18.2. The molecule has 5 heteroatoms. The topological polar surface area (TPSA) is 42.4 Å². The van der Waals surface area contributed by atoms with E-state index in [1.54, 1.807) is 0 Å². The van der Waals surface area contributed by atoms with Crippen LogP contribution in [0.5, 0.6) is 0 Å². The summed E-state index contributed by atoms with van der Waals surface area (Å²) in [5, 5.41) is 0. The van der Waals surface area contributed by atoms with Gasteiger partial charge in [0, 0.05) is 25.2 Å². The first kappa shape index (κ1) is 15.3. The van der Waals surface area contributed by atoms with Crippen molar-refractivity contribution in [2.75, 3.05) is 13.1 Å². The normalized spacial score (nSPS) is 19.8. The van der Waals surface area contributed by atoms with Gasteiger partial charge in [0.1, 0.15) is 10.2 Å². The molecule has 2 heterocycles. The number of halogens is 1. The number of rotatable bonds is 1. The summed E-state index contributed by atoms with van der Waals surface area (Å²) in [7, 11) is 0. The molecule has 0 bridgehead atoms. The second-order valence-electron chi connectivity index (χ2n) is 6.18. The molecule has 1 amide bonds. The third-order valence-electron chi connectivity index (χ3n) is 3.29. The number of nitrogens with zero attached hydrogens (tertiary/aromatic N) is 2. The van der Waals surface area contributed by atoms with E-state index in [2.05, 4.69) is 27.0 Å². The number of piperidine rings is 1. The molecule has 1 atom stereocenters. The van der Waals surface area contributed by atoms with E-state index >= 15 is 0 Å². The maximum Gasteiger partial charge on any atom is 0.410 e. The number of aromatic nitrogens is 1. The number of amides is 1. The van der Waals surface area contributed by atoms with Gasteiger partial charge in [-0.1, -0.05) is 6.07 Å². The number of carbonyl (C=O) groups is 1. The van der Waals surface area contributed by atoms with E-state index in [4.69, 9.17) is 4.74 Å². The molecule has 1 unspecified atom stereocenters. The molecule has 0 saturated carbocycles. The monoisotopic (exact) mass is 340 g/mol. The molecule has 0 aliphatic carbocycles. The van der Waals surface area contributed by atoms with Gasteiger partial charge in [-0.05, 0) is 61.2 Å². The fourth-order valence-corrected chi connectivity index (χ4v) is 2.60. The molecule has 110 valence electrons. The lowest BCUT2D eigenvalue weighted by Crippen LogP contribution is -2.42. The number of hydrogen-bond donors (Lipinski definition) is 0. The lowest BCUT2D eigenvalue weighted by molar-refractivity contribution is 0.0198. The van der Waals surface area contributed by atoms with Gasteiger partial charge in [0.25, 0.3) is 0 Å². The quantitative estimate of drug-likeness (QED) is 0.726. The molecule has 1 aliphatic rings. The lowest BCUT2D eigenvalue weighted by Gasteiger charge is -2.34. The first-order chi connectivity index (χ1) is 9.35. The Balaban J connectivity index is 2.01. The number of hydrogen-bond acceptors (Lipinski definition) is 3. The highest BCUT2D eigenvalue weighted by atomic mass is 79.9. The molecule has 0 radical (unpaired) electrons. The third kappa shape index (κ3) is 4.20. The van der Waals surface area contributed by atoms with Crippen LogP contribution in [-0.4, -0.2) is 34.7 Å². The van der Waals surface area contributed by atoms with Crippen LogP contribution in [-0.2, 0) is 4.74 Å². The van der Waals surface area contributed by atoms with Crippen LogP contribution in [0.3, 0.4) is 0 Å². The van der Waals surface area contributed by atoms with E-state index in [-0.39, 0.29) is 6.09 Å². The fourth-order valence-electron chi connectivity index (χ4n) is 2.37. The molecule has 1 fully saturated rings. The first-order valence-electron chi connectivity index (χ1n) is 6.94. The van der Waals surface area contributed by atoms with Gasteiger partial charge in [0.15, 0.2) is 0 Å². The maximum atomic E-state index is 12.1. The van der Waals surface area contributed by atoms with Crippen LogP contribution < -0.4 is 0 Å². The van der Waals surface area contributed by atoms with Gasteiger partial charge >= 0.3 is 6.09 Å². The van der Waals surface area contributed by atoms with Crippen LogP contribution in [0.25, 0.3) is 0 Å². The summed E-state index contributed by atoms with van der Waals surface area (Å²) < 4.78 is 6.28. The molecule has 20 heavy (non-hydrogen) atoms. The van der Waals surface area contributed by atoms with E-state index in [9.17, 15) is 4.79 Å². The Bertz CT molecular complexity index is 468. The van der Waals surface area contributed by atoms with Crippen molar-refractivity contribution in [3.05, 3.63) is 28.5 Å². The van der Waals surface area contributed by atoms with E-state index in [0.29, 0.717) is 12.5 Å². The second-order valence-corrected chi connectivity index (χ2v) is 6.99. The number of pyridine rings is 1. The highest BCUT2D eigenvalue weighted by Gasteiger charge is 2.28. The molecule has 1 aliphatic heterocycles. The van der Waals surface area contributed by atoms with Gasteiger partial charge in [-0.15, -0.1) is 0 Å². The van der Waals surface area contributed by atoms with Crippen molar-refractivity contribution in [3.63, 3.8) is 0 Å². The zero-order valence-electron chi connectivity index (χ0n) is 12.2. The van der Waals surface area contributed by atoms with Gasteiger partial charge in [-0.25, -0.2) is 9.78 Å². The molecule has 4 nitrogen and oxygen atoms in total. The Labute approximate surface area is 128 Å². The van der Waals surface area contributed by atoms with Crippen LogP contribution in [0.1, 0.15) is 45.1 Å². The minimum atomic E-state index is -0.441. The zero-order chi connectivity index (χ0) is 14.8. The first-order valence-corrected chi connectivity index (χ1v) is 7.74. The smallest absolute Gasteiger partial charge is 0.410 e. The Kier molecular flexibility index (Phi) is 4.68. The van der Waals surface area contributed by atoms with Crippen molar-refractivity contribution >= 4 is 22.0 Å². The van der Waals surface area contributed by atoms with Crippen LogP contribution in [0.2, 0.25) is 0 Å². The molecular formula is C15H21BrN2O2. The van der Waals surface area contributed by atoms with Crippen molar-refractivity contribution in [3.8, 4) is 0 Å². The van der Waals surface area contributed by atoms with Crippen molar-refractivity contribution in [1.29, 1.82) is 0 Å². The summed E-state index contributed by atoms with van der Waals surface area (Å²) in [6.45, 7) is 7.16. The standard InChI is InChI=1S/C15H21BrN2O2/c1-15(2,3)20-14(19)18-8-4-5-12(10-18)11-6-7-13(16)17-9-11/h6-7,9,12H,4-5,8,10H2,1-3H3. The van der Waals surface area contributed by atoms with Gasteiger partial charge in [0.05, 0.1) is 0 Å². The molecule has 1 saturated heterocycles. The largest absolute Gasteiger partial charge is 0.444 e. The van der Waals surface area contributed by atoms with Crippen LogP contribution in [0, 0.1) is 0 Å². The summed E-state index contributed by atoms with van der Waals surface area (Å²) in [6.07, 6.45) is 3.75. The highest BCUT2D eigenvalue weighted by molar-refractivity contribution is 9.10. The predicted octanol–water partition coefficient (Wildman–Crippen LogP) is 3.96. The van der Waals surface area contributed by atoms with Crippen molar-refractivity contribution in [1.82, 2.24) is 9.88 Å². The molecule has 0 spiro atoms. The van der Waals surface area contributed by atoms with Crippen molar-refractivity contribution in [2.45, 2.75) is 45.1 Å². The average molecular weight is 341 g/mol. The van der Waals surface area contributed by atoms with Crippen LogP contribution >= 0.6 is 15.9 Å². The van der Waals surface area contributed by atoms with Gasteiger partial charge < -0.3 is 9.64 Å². The van der Waals surface area contributed by atoms with E-state index in [1.165, 1.54) is 5.56 Å². The Morgan fingerprint density at radius 3 is 2.80 bits per heavy atom. The minimum absolute atomic E-state index is 0.215. The second kappa shape index (κ2) is 6.12. The Morgan fingerprint density at radius 1 is 1.45 bits per heavy atom. The maximum absolute atomic E-state index is 12.1. The summed E-state index contributed by atoms with van der Waals surface area (Å²) in [5.41, 5.74) is 0.741. The Morgan fingerprint density at radius 2 is 2.20 bits per heavy atom. The fraction of sp³-hybridized carbons (Fsp3) is 0.600. The predicted molar refractivity (Wildman–Crippen MR) is 81.7 cm³/mol. The molecule has 1 aromatic rings. The average Bonchev–Trinajstić information content (AvgIpc) is 2.38. The summed E-state index contributed by atoms with van der Waals surface area (Å²) in [6, 6.07) is 4.02. The Hall–Kier alpha value is -1.10. The van der Waals surface area contributed by atoms with Crippen molar-refractivity contribution < 1.29 is 9.53 Å². The number of ether oxygens (including phenoxy) is 1. The molecule has 0 N–H and O–H groups in total. The van der Waals surface area contributed by atoms with Gasteiger partial charge in [0.2, 0.25) is 0 Å². The molecule has 1 aromatic heterocycles. The minimum Gasteiger partial charge on any atom is -0.444 e. The number of likely N-dealkylation sites (tertiary alicyclic amines) is 1. The zero-order valence-corrected chi connectivity index (χ0v) is 13.8. The summed E-state index contributed by atoms with van der Waals surface area (Å²) >= 11 is 3.34. The molecule has 0 aromatic carbocycles. The number of carbonyl (C=O) groups excluding carboxylic acids is 1.